The molecule has 3 heterocycles. The van der Waals surface area contributed by atoms with Gasteiger partial charge < -0.3 is 19.0 Å². The van der Waals surface area contributed by atoms with Crippen molar-refractivity contribution >= 4 is 57.7 Å². The highest BCUT2D eigenvalue weighted by molar-refractivity contribution is 6.32. The summed E-state index contributed by atoms with van der Waals surface area (Å²) in [4.78, 5) is 65.0. The van der Waals surface area contributed by atoms with Crippen molar-refractivity contribution in [2.24, 2.45) is 29.1 Å². The number of halogens is 2. The molecule has 278 valence electrons. The molecule has 2 aliphatic carbocycles. The maximum atomic E-state index is 14.8. The molecule has 11 nitrogen and oxygen atoms in total. The van der Waals surface area contributed by atoms with Crippen molar-refractivity contribution in [3.63, 3.8) is 0 Å². The molecule has 4 aliphatic rings. The normalized spacial score (nSPS) is 25.9. The Balaban J connectivity index is 1.14. The Morgan fingerprint density at radius 3 is 2.24 bits per heavy atom. The number of methoxy groups -OCH3 is 2. The molecule has 1 saturated carbocycles. The van der Waals surface area contributed by atoms with Gasteiger partial charge in [0.1, 0.15) is 28.6 Å². The number of carbonyl (C=O) groups is 4. The molecule has 55 heavy (non-hydrogen) atoms. The number of oxazole rings is 1. The molecule has 2 saturated heterocycles. The van der Waals surface area contributed by atoms with Gasteiger partial charge in [0.25, 0.3) is 0 Å². The Kier molecular flexibility index (Phi) is 7.91. The fourth-order valence-electron chi connectivity index (χ4n) is 9.41. The number of aromatic hydroxyl groups is 1. The lowest BCUT2D eigenvalue weighted by Gasteiger charge is -2.49. The van der Waals surface area contributed by atoms with E-state index >= 15 is 0 Å². The minimum absolute atomic E-state index is 0.0856. The molecule has 1 N–H and O–H groups in total. The predicted molar refractivity (Wildman–Crippen MR) is 199 cm³/mol. The molecular formula is C42H33ClFN3O8. The fourth-order valence-corrected chi connectivity index (χ4v) is 9.58. The van der Waals surface area contributed by atoms with Gasteiger partial charge in [-0.3, -0.25) is 24.1 Å². The van der Waals surface area contributed by atoms with E-state index in [1.807, 2.05) is 30.3 Å². The summed E-state index contributed by atoms with van der Waals surface area (Å²) in [6.45, 7) is 1.70. The summed E-state index contributed by atoms with van der Waals surface area (Å²) in [6, 6.07) is 20.7. The Morgan fingerprint density at radius 1 is 0.873 bits per heavy atom. The number of imide groups is 2. The van der Waals surface area contributed by atoms with Crippen molar-refractivity contribution in [2.45, 2.75) is 25.7 Å². The third-order valence-corrected chi connectivity index (χ3v) is 12.2. The lowest BCUT2D eigenvalue weighted by Crippen LogP contribution is -2.49. The highest BCUT2D eigenvalue weighted by Gasteiger charge is 2.68. The van der Waals surface area contributed by atoms with Crippen LogP contribution in [0.2, 0.25) is 5.02 Å². The molecule has 0 radical (unpaired) electrons. The molecule has 4 amide bonds. The van der Waals surface area contributed by atoms with Crippen LogP contribution in [-0.4, -0.2) is 47.9 Å². The summed E-state index contributed by atoms with van der Waals surface area (Å²) in [5.41, 5.74) is 2.14. The Hall–Kier alpha value is -6.01. The molecule has 0 spiro atoms. The zero-order valence-electron chi connectivity index (χ0n) is 29.8. The summed E-state index contributed by atoms with van der Waals surface area (Å²) in [5, 5.41) is 10.3. The fraction of sp³-hybridized carbons (Fsp3) is 0.262. The van der Waals surface area contributed by atoms with E-state index in [1.54, 1.807) is 31.2 Å². The molecule has 4 aromatic carbocycles. The minimum atomic E-state index is -1.46. The summed E-state index contributed by atoms with van der Waals surface area (Å²) >= 11 is 6.13. The predicted octanol–water partition coefficient (Wildman–Crippen LogP) is 7.45. The molecule has 2 aliphatic heterocycles. The SMILES string of the molecule is COc1cc(O)cc(OC)c1[C@H]1C2=CC[C@@H]3C(=O)N(c4ccc(-c5nc6ccccc6o5)cc4)C(=O)[C@@H]3[C@@H]2C[C@H]2C(=O)N(c3ccc(F)c(Cl)c3)C(=O)[C@@]12C. The second-order valence-electron chi connectivity index (χ2n) is 14.6. The first-order chi connectivity index (χ1) is 26.5. The van der Waals surface area contributed by atoms with Crippen LogP contribution < -0.4 is 19.3 Å². The zero-order chi connectivity index (χ0) is 38.5. The minimum Gasteiger partial charge on any atom is -0.508 e. The lowest BCUT2D eigenvalue weighted by molar-refractivity contribution is -0.131. The van der Waals surface area contributed by atoms with Crippen molar-refractivity contribution in [3.8, 4) is 28.7 Å². The molecule has 3 fully saturated rings. The number of rotatable bonds is 6. The van der Waals surface area contributed by atoms with Gasteiger partial charge in [0.2, 0.25) is 29.5 Å². The van der Waals surface area contributed by atoms with Crippen LogP contribution >= 0.6 is 11.6 Å². The van der Waals surface area contributed by atoms with Crippen LogP contribution in [0.3, 0.4) is 0 Å². The van der Waals surface area contributed by atoms with E-state index in [4.69, 9.17) is 25.5 Å². The molecule has 13 heteroatoms. The van der Waals surface area contributed by atoms with Crippen molar-refractivity contribution in [1.29, 1.82) is 0 Å². The van der Waals surface area contributed by atoms with Crippen LogP contribution in [-0.2, 0) is 19.2 Å². The molecule has 0 unspecified atom stereocenters. The van der Waals surface area contributed by atoms with E-state index in [2.05, 4.69) is 4.98 Å². The molecule has 6 atom stereocenters. The summed E-state index contributed by atoms with van der Waals surface area (Å²) in [7, 11) is 2.84. The number of ether oxygens (including phenoxy) is 2. The molecule has 9 rings (SSSR count). The van der Waals surface area contributed by atoms with Gasteiger partial charge in [0, 0.05) is 29.2 Å². The average Bonchev–Trinajstić information content (AvgIpc) is 3.79. The second-order valence-corrected chi connectivity index (χ2v) is 15.0. The number of hydrogen-bond acceptors (Lipinski definition) is 9. The number of amides is 4. The Labute approximate surface area is 318 Å². The zero-order valence-corrected chi connectivity index (χ0v) is 30.5. The molecule has 0 bridgehead atoms. The number of hydrogen-bond donors (Lipinski definition) is 1. The standard InChI is InChI=1S/C42H33ClFN3O8/c1-42-27(39(50)47(41(42)52)22-12-15-29(44)28(43)16-22)19-26-24(36(42)35-32(53-2)17-23(48)18-33(35)54-3)13-14-25-34(26)40(51)46(38(25)49)21-10-8-20(9-11-21)37-45-30-6-4-5-7-31(30)55-37/h4-13,15-18,25-27,34,36,48H,14,19H2,1-3H3/t25-,26+,27-,34-,36+,42+/m0/s1. The third kappa shape index (κ3) is 4.96. The van der Waals surface area contributed by atoms with Crippen LogP contribution in [0, 0.1) is 34.9 Å². The summed E-state index contributed by atoms with van der Waals surface area (Å²) in [5.74, 6) is -5.97. The van der Waals surface area contributed by atoms with Gasteiger partial charge in [-0.1, -0.05) is 35.4 Å². The van der Waals surface area contributed by atoms with E-state index in [0.717, 1.165) is 11.0 Å². The largest absolute Gasteiger partial charge is 0.508 e. The van der Waals surface area contributed by atoms with Gasteiger partial charge in [-0.25, -0.2) is 14.3 Å². The third-order valence-electron chi connectivity index (χ3n) is 11.9. The van der Waals surface area contributed by atoms with Crippen LogP contribution in [0.4, 0.5) is 15.8 Å². The van der Waals surface area contributed by atoms with Gasteiger partial charge in [-0.05, 0) is 80.3 Å². The Morgan fingerprint density at radius 2 is 1.56 bits per heavy atom. The number of fused-ring (bicyclic) bond motifs is 5. The first-order valence-corrected chi connectivity index (χ1v) is 18.2. The summed E-state index contributed by atoms with van der Waals surface area (Å²) in [6.07, 6.45) is 2.20. The number of nitrogens with zero attached hydrogens (tertiary/aromatic N) is 3. The average molecular weight is 762 g/mol. The van der Waals surface area contributed by atoms with E-state index in [0.29, 0.717) is 39.4 Å². The number of phenols is 1. The maximum absolute atomic E-state index is 14.8. The number of phenolic OH excluding ortho intramolecular Hbond substituents is 1. The number of allylic oxidation sites excluding steroid dienone is 2. The van der Waals surface area contributed by atoms with Gasteiger partial charge in [-0.2, -0.15) is 0 Å². The van der Waals surface area contributed by atoms with E-state index in [-0.39, 0.29) is 46.7 Å². The Bertz CT molecular complexity index is 2460. The number of aromatic nitrogens is 1. The van der Waals surface area contributed by atoms with Crippen LogP contribution in [0.15, 0.2) is 94.9 Å². The van der Waals surface area contributed by atoms with Gasteiger partial charge in [0.15, 0.2) is 5.58 Å². The highest BCUT2D eigenvalue weighted by atomic mass is 35.5. The van der Waals surface area contributed by atoms with Crippen molar-refractivity contribution < 1.29 is 42.6 Å². The monoisotopic (exact) mass is 761 g/mol. The van der Waals surface area contributed by atoms with Crippen molar-refractivity contribution in [3.05, 3.63) is 107 Å². The van der Waals surface area contributed by atoms with E-state index < -0.39 is 58.5 Å². The van der Waals surface area contributed by atoms with Crippen molar-refractivity contribution in [2.75, 3.05) is 24.0 Å². The quantitative estimate of drug-likeness (QED) is 0.138. The molecular weight excluding hydrogens is 729 g/mol. The molecule has 1 aromatic heterocycles. The van der Waals surface area contributed by atoms with Gasteiger partial charge >= 0.3 is 0 Å². The first-order valence-electron chi connectivity index (χ1n) is 17.8. The smallest absolute Gasteiger partial charge is 0.241 e. The van der Waals surface area contributed by atoms with Crippen LogP contribution in [0.1, 0.15) is 31.2 Å². The molecule has 5 aromatic rings. The number of para-hydroxylation sites is 2. The highest BCUT2D eigenvalue weighted by Crippen LogP contribution is 2.66. The number of benzene rings is 4. The van der Waals surface area contributed by atoms with E-state index in [9.17, 15) is 28.7 Å². The van der Waals surface area contributed by atoms with Crippen LogP contribution in [0.25, 0.3) is 22.6 Å². The van der Waals surface area contributed by atoms with Gasteiger partial charge in [-0.15, -0.1) is 0 Å². The van der Waals surface area contributed by atoms with Crippen molar-refractivity contribution in [1.82, 2.24) is 4.98 Å². The first kappa shape index (κ1) is 34.7. The number of carbonyl (C=O) groups excluding carboxylic acids is 4. The second kappa shape index (κ2) is 12.5. The van der Waals surface area contributed by atoms with E-state index in [1.165, 1.54) is 43.4 Å². The topological polar surface area (TPSA) is 139 Å². The van der Waals surface area contributed by atoms with Gasteiger partial charge in [0.05, 0.1) is 53.8 Å². The summed E-state index contributed by atoms with van der Waals surface area (Å²) < 4.78 is 31.7. The number of anilines is 2. The van der Waals surface area contributed by atoms with Crippen LogP contribution in [0.5, 0.6) is 17.2 Å². The maximum Gasteiger partial charge on any atom is 0.241 e. The lowest BCUT2D eigenvalue weighted by atomic mass is 9.51.